The van der Waals surface area contributed by atoms with E-state index in [1.807, 2.05) is 42.5 Å². The van der Waals surface area contributed by atoms with Gasteiger partial charge >= 0.3 is 6.09 Å². The van der Waals surface area contributed by atoms with Crippen LogP contribution in [0.4, 0.5) is 10.5 Å². The van der Waals surface area contributed by atoms with E-state index in [1.165, 1.54) is 5.69 Å². The van der Waals surface area contributed by atoms with Crippen molar-refractivity contribution in [2.24, 2.45) is 0 Å². The summed E-state index contributed by atoms with van der Waals surface area (Å²) in [6.45, 7) is 4.15. The van der Waals surface area contributed by atoms with Crippen molar-refractivity contribution in [3.05, 3.63) is 84.1 Å². The van der Waals surface area contributed by atoms with Crippen LogP contribution in [0.2, 0.25) is 0 Å². The molecule has 1 saturated heterocycles. The first-order valence-corrected chi connectivity index (χ1v) is 12.6. The number of aromatic nitrogens is 1. The molecule has 0 bridgehead atoms. The number of fused-ring (bicyclic) bond motifs is 1. The van der Waals surface area contributed by atoms with Gasteiger partial charge in [-0.2, -0.15) is 0 Å². The Morgan fingerprint density at radius 3 is 2.22 bits per heavy atom. The fraction of sp³-hybridized carbons (Fsp3) is 0.300. The molecule has 1 aromatic heterocycles. The lowest BCUT2D eigenvalue weighted by Gasteiger charge is -2.33. The van der Waals surface area contributed by atoms with Gasteiger partial charge in [-0.15, -0.1) is 0 Å². The molecule has 1 aliphatic rings. The number of amides is 1. The number of rotatable bonds is 7. The highest BCUT2D eigenvalue weighted by Crippen LogP contribution is 2.35. The van der Waals surface area contributed by atoms with E-state index in [0.717, 1.165) is 59.5 Å². The van der Waals surface area contributed by atoms with Crippen molar-refractivity contribution >= 4 is 22.7 Å². The number of alkyl carbamates (subject to hydrolysis) is 1. The van der Waals surface area contributed by atoms with Crippen LogP contribution in [0.1, 0.15) is 24.1 Å². The standard InChI is InChI=1S/C30H33N3O4/c1-21-17-23-18-28(35-2)29(36-3)19-27(23)33(21)26-11-9-25(10-12-26)32-15-13-24(14-16-32)31-30(34)37-20-22-7-5-4-6-8-22/h4-12,17-19,24H,13-16,20H2,1-3H3,(H,31,34). The third kappa shape index (κ3) is 5.35. The number of carbonyl (C=O) groups excluding carboxylic acids is 1. The van der Waals surface area contributed by atoms with E-state index < -0.39 is 0 Å². The minimum atomic E-state index is -0.352. The predicted molar refractivity (Wildman–Crippen MR) is 146 cm³/mol. The molecule has 4 aromatic rings. The number of ether oxygens (including phenoxy) is 3. The first-order valence-electron chi connectivity index (χ1n) is 12.6. The van der Waals surface area contributed by atoms with Gasteiger partial charge in [0, 0.05) is 47.7 Å². The Balaban J connectivity index is 1.20. The van der Waals surface area contributed by atoms with Gasteiger partial charge in [-0.1, -0.05) is 30.3 Å². The number of methoxy groups -OCH3 is 2. The van der Waals surface area contributed by atoms with E-state index in [2.05, 4.69) is 52.0 Å². The Bertz CT molecular complexity index is 1360. The maximum absolute atomic E-state index is 12.2. The molecule has 0 spiro atoms. The minimum Gasteiger partial charge on any atom is -0.493 e. The predicted octanol–water partition coefficient (Wildman–Crippen LogP) is 5.85. The molecule has 1 amide bonds. The zero-order valence-electron chi connectivity index (χ0n) is 21.6. The van der Waals surface area contributed by atoms with Gasteiger partial charge in [0.25, 0.3) is 0 Å². The van der Waals surface area contributed by atoms with Crippen molar-refractivity contribution in [3.8, 4) is 17.2 Å². The van der Waals surface area contributed by atoms with Crippen molar-refractivity contribution in [3.63, 3.8) is 0 Å². The summed E-state index contributed by atoms with van der Waals surface area (Å²) in [6, 6.07) is 24.7. The highest BCUT2D eigenvalue weighted by Gasteiger charge is 2.22. The molecule has 0 saturated carbocycles. The molecule has 2 heterocycles. The Morgan fingerprint density at radius 1 is 0.892 bits per heavy atom. The first kappa shape index (κ1) is 24.6. The van der Waals surface area contributed by atoms with Crippen LogP contribution in [0.15, 0.2) is 72.8 Å². The third-order valence-corrected chi connectivity index (χ3v) is 6.99. The Morgan fingerprint density at radius 2 is 1.54 bits per heavy atom. The third-order valence-electron chi connectivity index (χ3n) is 6.99. The largest absolute Gasteiger partial charge is 0.493 e. The lowest BCUT2D eigenvalue weighted by atomic mass is 10.0. The number of benzene rings is 3. The summed E-state index contributed by atoms with van der Waals surface area (Å²) >= 11 is 0. The zero-order valence-corrected chi connectivity index (χ0v) is 21.6. The lowest BCUT2D eigenvalue weighted by molar-refractivity contribution is 0.134. The number of hydrogen-bond donors (Lipinski definition) is 1. The van der Waals surface area contributed by atoms with Crippen LogP contribution in [0.3, 0.4) is 0 Å². The fourth-order valence-corrected chi connectivity index (χ4v) is 5.04. The number of hydrogen-bond acceptors (Lipinski definition) is 5. The van der Waals surface area contributed by atoms with Crippen molar-refractivity contribution < 1.29 is 19.0 Å². The number of piperidine rings is 1. The number of carbonyl (C=O) groups is 1. The Kier molecular flexibility index (Phi) is 7.21. The molecule has 1 N–H and O–H groups in total. The maximum atomic E-state index is 12.2. The minimum absolute atomic E-state index is 0.125. The quantitative estimate of drug-likeness (QED) is 0.346. The van der Waals surface area contributed by atoms with Crippen LogP contribution in [-0.2, 0) is 11.3 Å². The average molecular weight is 500 g/mol. The molecule has 37 heavy (non-hydrogen) atoms. The van der Waals surface area contributed by atoms with Gasteiger partial charge in [0.05, 0.1) is 19.7 Å². The molecule has 3 aromatic carbocycles. The second kappa shape index (κ2) is 10.9. The summed E-state index contributed by atoms with van der Waals surface area (Å²) in [5.74, 6) is 1.44. The van der Waals surface area contributed by atoms with Crippen LogP contribution < -0.4 is 19.7 Å². The van der Waals surface area contributed by atoms with Gasteiger partial charge in [0.2, 0.25) is 0 Å². The lowest BCUT2D eigenvalue weighted by Crippen LogP contribution is -2.44. The zero-order chi connectivity index (χ0) is 25.8. The highest BCUT2D eigenvalue weighted by atomic mass is 16.5. The summed E-state index contributed by atoms with van der Waals surface area (Å²) in [6.07, 6.45) is 1.41. The molecule has 192 valence electrons. The van der Waals surface area contributed by atoms with Gasteiger partial charge < -0.3 is 29.0 Å². The number of nitrogens with zero attached hydrogens (tertiary/aromatic N) is 2. The van der Waals surface area contributed by atoms with Crippen molar-refractivity contribution in [2.75, 3.05) is 32.2 Å². The maximum Gasteiger partial charge on any atom is 0.407 e. The molecule has 5 rings (SSSR count). The highest BCUT2D eigenvalue weighted by molar-refractivity contribution is 5.87. The van der Waals surface area contributed by atoms with E-state index in [-0.39, 0.29) is 18.7 Å². The molecule has 1 aliphatic heterocycles. The van der Waals surface area contributed by atoms with Gasteiger partial charge in [0.1, 0.15) is 6.61 Å². The molecule has 1 fully saturated rings. The molecule has 7 nitrogen and oxygen atoms in total. The van der Waals surface area contributed by atoms with E-state index in [4.69, 9.17) is 14.2 Å². The normalized spacial score (nSPS) is 14.0. The van der Waals surface area contributed by atoms with E-state index in [1.54, 1.807) is 14.2 Å². The summed E-state index contributed by atoms with van der Waals surface area (Å²) < 4.78 is 18.6. The van der Waals surface area contributed by atoms with Gasteiger partial charge in [0.15, 0.2) is 11.5 Å². The van der Waals surface area contributed by atoms with Crippen molar-refractivity contribution in [1.29, 1.82) is 0 Å². The second-order valence-electron chi connectivity index (χ2n) is 9.37. The molecule has 0 radical (unpaired) electrons. The molecule has 7 heteroatoms. The molecular weight excluding hydrogens is 466 g/mol. The topological polar surface area (TPSA) is 65.0 Å². The number of anilines is 1. The molecule has 0 unspecified atom stereocenters. The monoisotopic (exact) mass is 499 g/mol. The van der Waals surface area contributed by atoms with E-state index in [0.29, 0.717) is 5.75 Å². The van der Waals surface area contributed by atoms with Gasteiger partial charge in [-0.25, -0.2) is 4.79 Å². The average Bonchev–Trinajstić information content (AvgIpc) is 3.26. The van der Waals surface area contributed by atoms with Crippen LogP contribution in [0.5, 0.6) is 11.5 Å². The summed E-state index contributed by atoms with van der Waals surface area (Å²) in [5.41, 5.74) is 5.49. The fourth-order valence-electron chi connectivity index (χ4n) is 5.04. The smallest absolute Gasteiger partial charge is 0.407 e. The Hall–Kier alpha value is -4.13. The van der Waals surface area contributed by atoms with E-state index in [9.17, 15) is 4.79 Å². The SMILES string of the molecule is COc1cc2cc(C)n(-c3ccc(N4CCC(NC(=O)OCc5ccccc5)CC4)cc3)c2cc1OC. The molecule has 0 aliphatic carbocycles. The van der Waals surface area contributed by atoms with Crippen LogP contribution in [0.25, 0.3) is 16.6 Å². The number of nitrogens with one attached hydrogen (secondary N) is 1. The second-order valence-corrected chi connectivity index (χ2v) is 9.37. The first-order chi connectivity index (χ1) is 18.1. The molecule has 0 atom stereocenters. The van der Waals surface area contributed by atoms with Crippen LogP contribution >= 0.6 is 0 Å². The van der Waals surface area contributed by atoms with Crippen molar-refractivity contribution in [1.82, 2.24) is 9.88 Å². The summed E-state index contributed by atoms with van der Waals surface area (Å²) in [5, 5.41) is 4.13. The van der Waals surface area contributed by atoms with E-state index >= 15 is 0 Å². The van der Waals surface area contributed by atoms with Crippen LogP contribution in [-0.4, -0.2) is 44.0 Å². The van der Waals surface area contributed by atoms with Crippen molar-refractivity contribution in [2.45, 2.75) is 32.4 Å². The van der Waals surface area contributed by atoms with Gasteiger partial charge in [-0.3, -0.25) is 0 Å². The summed E-state index contributed by atoms with van der Waals surface area (Å²) in [7, 11) is 3.31. The van der Waals surface area contributed by atoms with Crippen LogP contribution in [0, 0.1) is 6.92 Å². The summed E-state index contributed by atoms with van der Waals surface area (Å²) in [4.78, 5) is 14.6. The molecular formula is C30H33N3O4. The van der Waals surface area contributed by atoms with Gasteiger partial charge in [-0.05, 0) is 61.7 Å². The Labute approximate surface area is 217 Å². The number of aryl methyl sites for hydroxylation is 1.